The number of benzene rings is 1. The monoisotopic (exact) mass is 330 g/mol. The molecular formula is C15H26N2O2S2. The SMILES string of the molecule is CCSCCC(C)Nc1ccccc1S(=O)(=O)NC(C)C. The van der Waals surface area contributed by atoms with E-state index in [0.29, 0.717) is 10.6 Å². The molecule has 0 radical (unpaired) electrons. The summed E-state index contributed by atoms with van der Waals surface area (Å²) in [5.41, 5.74) is 0.666. The maximum atomic E-state index is 12.4. The Hall–Kier alpha value is -0.720. The van der Waals surface area contributed by atoms with Crippen LogP contribution in [0.15, 0.2) is 29.2 Å². The number of nitrogens with one attached hydrogen (secondary N) is 2. The Morgan fingerprint density at radius 3 is 2.48 bits per heavy atom. The van der Waals surface area contributed by atoms with E-state index in [1.807, 2.05) is 37.7 Å². The molecule has 6 heteroatoms. The van der Waals surface area contributed by atoms with E-state index in [1.54, 1.807) is 12.1 Å². The molecule has 0 bridgehead atoms. The second kappa shape index (κ2) is 8.66. The Labute approximate surface area is 133 Å². The van der Waals surface area contributed by atoms with Gasteiger partial charge in [0.25, 0.3) is 0 Å². The van der Waals surface area contributed by atoms with Crippen LogP contribution in [0.1, 0.15) is 34.1 Å². The highest BCUT2D eigenvalue weighted by Gasteiger charge is 2.19. The lowest BCUT2D eigenvalue weighted by Gasteiger charge is -2.19. The van der Waals surface area contributed by atoms with Crippen molar-refractivity contribution >= 4 is 27.5 Å². The minimum Gasteiger partial charge on any atom is -0.381 e. The lowest BCUT2D eigenvalue weighted by molar-refractivity contribution is 0.570. The molecule has 1 rings (SSSR count). The third-order valence-electron chi connectivity index (χ3n) is 2.87. The molecule has 21 heavy (non-hydrogen) atoms. The summed E-state index contributed by atoms with van der Waals surface area (Å²) in [6.07, 6.45) is 1.00. The van der Waals surface area contributed by atoms with E-state index in [2.05, 4.69) is 23.9 Å². The molecule has 0 spiro atoms. The van der Waals surface area contributed by atoms with Crippen LogP contribution in [0, 0.1) is 0 Å². The van der Waals surface area contributed by atoms with Crippen molar-refractivity contribution in [3.8, 4) is 0 Å². The molecule has 0 saturated heterocycles. The predicted molar refractivity (Wildman–Crippen MR) is 92.6 cm³/mol. The summed E-state index contributed by atoms with van der Waals surface area (Å²) in [6.45, 7) is 7.86. The Balaban J connectivity index is 2.84. The average Bonchev–Trinajstić information content (AvgIpc) is 2.38. The lowest BCUT2D eigenvalue weighted by Crippen LogP contribution is -2.31. The van der Waals surface area contributed by atoms with Crippen molar-refractivity contribution in [1.82, 2.24) is 4.72 Å². The lowest BCUT2D eigenvalue weighted by atomic mass is 10.2. The molecule has 1 unspecified atom stereocenters. The van der Waals surface area contributed by atoms with Crippen LogP contribution in [0.2, 0.25) is 0 Å². The van der Waals surface area contributed by atoms with Crippen molar-refractivity contribution in [2.75, 3.05) is 16.8 Å². The van der Waals surface area contributed by atoms with Gasteiger partial charge in [0, 0.05) is 12.1 Å². The van der Waals surface area contributed by atoms with Gasteiger partial charge in [-0.3, -0.25) is 0 Å². The standard InChI is InChI=1S/C15H26N2O2S2/c1-5-20-11-10-13(4)16-14-8-6-7-9-15(14)21(18,19)17-12(2)3/h6-9,12-13,16-17H,5,10-11H2,1-4H3. The van der Waals surface area contributed by atoms with E-state index in [9.17, 15) is 8.42 Å². The first-order valence-electron chi connectivity index (χ1n) is 7.32. The molecule has 0 heterocycles. The van der Waals surface area contributed by atoms with Crippen molar-refractivity contribution in [1.29, 1.82) is 0 Å². The van der Waals surface area contributed by atoms with Crippen LogP contribution in [0.5, 0.6) is 0 Å². The van der Waals surface area contributed by atoms with Gasteiger partial charge in [-0.15, -0.1) is 0 Å². The van der Waals surface area contributed by atoms with Crippen molar-refractivity contribution in [3.63, 3.8) is 0 Å². The minimum atomic E-state index is -3.48. The number of para-hydroxylation sites is 1. The molecule has 1 aromatic carbocycles. The van der Waals surface area contributed by atoms with Gasteiger partial charge in [0.1, 0.15) is 4.90 Å². The zero-order chi connectivity index (χ0) is 15.9. The average molecular weight is 331 g/mol. The number of rotatable bonds is 9. The minimum absolute atomic E-state index is 0.124. The normalized spacial score (nSPS) is 13.4. The van der Waals surface area contributed by atoms with Gasteiger partial charge in [-0.2, -0.15) is 11.8 Å². The van der Waals surface area contributed by atoms with Gasteiger partial charge in [-0.05, 0) is 50.8 Å². The summed E-state index contributed by atoms with van der Waals surface area (Å²) >= 11 is 1.89. The largest absolute Gasteiger partial charge is 0.381 e. The first-order chi connectivity index (χ1) is 9.86. The fraction of sp³-hybridized carbons (Fsp3) is 0.600. The highest BCUT2D eigenvalue weighted by atomic mass is 32.2. The third-order valence-corrected chi connectivity index (χ3v) is 5.52. The van der Waals surface area contributed by atoms with Gasteiger partial charge in [0.05, 0.1) is 5.69 Å². The van der Waals surface area contributed by atoms with Crippen molar-refractivity contribution < 1.29 is 8.42 Å². The van der Waals surface area contributed by atoms with Crippen LogP contribution < -0.4 is 10.0 Å². The smallest absolute Gasteiger partial charge is 0.242 e. The molecule has 0 aliphatic rings. The molecule has 0 aromatic heterocycles. The van der Waals surface area contributed by atoms with Crippen molar-refractivity contribution in [2.45, 2.75) is 51.1 Å². The second-order valence-electron chi connectivity index (χ2n) is 5.30. The van der Waals surface area contributed by atoms with Crippen LogP contribution in [0.3, 0.4) is 0 Å². The molecule has 4 nitrogen and oxygen atoms in total. The number of hydrogen-bond donors (Lipinski definition) is 2. The van der Waals surface area contributed by atoms with Gasteiger partial charge < -0.3 is 5.32 Å². The Morgan fingerprint density at radius 1 is 1.19 bits per heavy atom. The highest BCUT2D eigenvalue weighted by molar-refractivity contribution is 7.99. The maximum Gasteiger partial charge on any atom is 0.242 e. The Kier molecular flexibility index (Phi) is 7.56. The van der Waals surface area contributed by atoms with Crippen molar-refractivity contribution in [3.05, 3.63) is 24.3 Å². The van der Waals surface area contributed by atoms with Gasteiger partial charge in [-0.1, -0.05) is 19.1 Å². The fourth-order valence-corrected chi connectivity index (χ4v) is 4.17. The van der Waals surface area contributed by atoms with Crippen LogP contribution in [0.25, 0.3) is 0 Å². The zero-order valence-electron chi connectivity index (χ0n) is 13.2. The summed E-state index contributed by atoms with van der Waals surface area (Å²) < 4.78 is 27.3. The summed E-state index contributed by atoms with van der Waals surface area (Å²) in [6, 6.07) is 7.17. The summed E-state index contributed by atoms with van der Waals surface area (Å²) in [7, 11) is -3.48. The van der Waals surface area contributed by atoms with E-state index in [1.165, 1.54) is 0 Å². The van der Waals surface area contributed by atoms with Crippen LogP contribution >= 0.6 is 11.8 Å². The predicted octanol–water partition coefficient (Wildman–Crippen LogP) is 3.32. The van der Waals surface area contributed by atoms with E-state index < -0.39 is 10.0 Å². The topological polar surface area (TPSA) is 58.2 Å². The van der Waals surface area contributed by atoms with Gasteiger partial charge in [-0.25, -0.2) is 13.1 Å². The molecule has 0 aliphatic heterocycles. The van der Waals surface area contributed by atoms with E-state index >= 15 is 0 Å². The molecule has 0 amide bonds. The third kappa shape index (κ3) is 6.28. The van der Waals surface area contributed by atoms with Gasteiger partial charge >= 0.3 is 0 Å². The fourth-order valence-electron chi connectivity index (χ4n) is 1.94. The molecule has 120 valence electrons. The van der Waals surface area contributed by atoms with Gasteiger partial charge in [0.2, 0.25) is 10.0 Å². The first-order valence-corrected chi connectivity index (χ1v) is 9.96. The number of thioether (sulfide) groups is 1. The quantitative estimate of drug-likeness (QED) is 0.682. The number of hydrogen-bond acceptors (Lipinski definition) is 4. The van der Waals surface area contributed by atoms with E-state index in [4.69, 9.17) is 0 Å². The Morgan fingerprint density at radius 2 is 1.86 bits per heavy atom. The maximum absolute atomic E-state index is 12.4. The van der Waals surface area contributed by atoms with Crippen LogP contribution in [0.4, 0.5) is 5.69 Å². The Bertz CT molecular complexity index is 530. The molecular weight excluding hydrogens is 304 g/mol. The molecule has 2 N–H and O–H groups in total. The van der Waals surface area contributed by atoms with Crippen molar-refractivity contribution in [2.24, 2.45) is 0 Å². The summed E-state index contributed by atoms with van der Waals surface area (Å²) in [5.74, 6) is 2.18. The molecule has 0 aliphatic carbocycles. The van der Waals surface area contributed by atoms with Crippen LogP contribution in [-0.4, -0.2) is 32.0 Å². The first kappa shape index (κ1) is 18.3. The summed E-state index contributed by atoms with van der Waals surface area (Å²) in [4.78, 5) is 0.314. The van der Waals surface area contributed by atoms with Crippen LogP contribution in [-0.2, 0) is 10.0 Å². The molecule has 0 fully saturated rings. The molecule has 1 atom stereocenters. The highest BCUT2D eigenvalue weighted by Crippen LogP contribution is 2.22. The van der Waals surface area contributed by atoms with E-state index in [0.717, 1.165) is 17.9 Å². The molecule has 0 saturated carbocycles. The molecule has 1 aromatic rings. The number of sulfonamides is 1. The zero-order valence-corrected chi connectivity index (χ0v) is 14.9. The summed E-state index contributed by atoms with van der Waals surface area (Å²) in [5, 5.41) is 3.32. The van der Waals surface area contributed by atoms with Gasteiger partial charge in [0.15, 0.2) is 0 Å². The number of anilines is 1. The second-order valence-corrected chi connectivity index (χ2v) is 8.38. The van der Waals surface area contributed by atoms with E-state index in [-0.39, 0.29) is 12.1 Å².